The molecule has 1 N–H and O–H groups in total. The molecule has 0 aromatic rings. The van der Waals surface area contributed by atoms with Gasteiger partial charge in [0.25, 0.3) is 0 Å². The van der Waals surface area contributed by atoms with Crippen LogP contribution in [0.25, 0.3) is 0 Å². The molecule has 1 unspecified atom stereocenters. The number of hydrogen-bond donors (Lipinski definition) is 1. The van der Waals surface area contributed by atoms with Crippen molar-refractivity contribution in [1.29, 1.82) is 0 Å². The number of alkyl carbamates (subject to hydrolysis) is 1. The highest BCUT2D eigenvalue weighted by Gasteiger charge is 2.20. The summed E-state index contributed by atoms with van der Waals surface area (Å²) in [6, 6.07) is 0. The van der Waals surface area contributed by atoms with Gasteiger partial charge in [0.1, 0.15) is 6.29 Å². The summed E-state index contributed by atoms with van der Waals surface area (Å²) < 4.78 is 5.15. The Morgan fingerprint density at radius 1 is 1.43 bits per heavy atom. The van der Waals surface area contributed by atoms with Crippen molar-refractivity contribution in [3.63, 3.8) is 0 Å². The first-order chi connectivity index (χ1) is 9.91. The van der Waals surface area contributed by atoms with Crippen LogP contribution in [0.4, 0.5) is 4.79 Å². The Kier molecular flexibility index (Phi) is 12.0. The van der Waals surface area contributed by atoms with Crippen molar-refractivity contribution >= 4 is 34.0 Å². The van der Waals surface area contributed by atoms with E-state index >= 15 is 0 Å². The minimum atomic E-state index is -0.336. The lowest BCUT2D eigenvalue weighted by Gasteiger charge is -2.23. The molecule has 0 aliphatic heterocycles. The summed E-state index contributed by atoms with van der Waals surface area (Å²) in [6.07, 6.45) is 4.32. The molecule has 1 amide bonds. The molecule has 0 fully saturated rings. The normalized spacial score (nSPS) is 12.8. The summed E-state index contributed by atoms with van der Waals surface area (Å²) in [5, 5.41) is 2.82. The predicted octanol–water partition coefficient (Wildman–Crippen LogP) is 4.29. The third kappa shape index (κ3) is 13.1. The van der Waals surface area contributed by atoms with E-state index in [0.29, 0.717) is 25.5 Å². The van der Waals surface area contributed by atoms with Crippen LogP contribution in [0.5, 0.6) is 0 Å². The van der Waals surface area contributed by atoms with Crippen LogP contribution in [0.1, 0.15) is 53.4 Å². The molecule has 0 heterocycles. The number of carbonyl (C=O) groups excluding carboxylic acids is 2. The first kappa shape index (κ1) is 20.6. The van der Waals surface area contributed by atoms with Crippen LogP contribution >= 0.6 is 21.6 Å². The Hall–Kier alpha value is -0.360. The largest absolute Gasteiger partial charge is 0.449 e. The first-order valence-electron chi connectivity index (χ1n) is 7.56. The highest BCUT2D eigenvalue weighted by Crippen LogP contribution is 2.35. The quantitative estimate of drug-likeness (QED) is 0.327. The van der Waals surface area contributed by atoms with Crippen LogP contribution in [0.2, 0.25) is 0 Å². The van der Waals surface area contributed by atoms with E-state index in [0.717, 1.165) is 31.3 Å². The lowest BCUT2D eigenvalue weighted by molar-refractivity contribution is -0.107. The summed E-state index contributed by atoms with van der Waals surface area (Å²) in [7, 11) is 3.48. The Bertz CT molecular complexity index is 299. The van der Waals surface area contributed by atoms with Crippen molar-refractivity contribution in [2.75, 3.05) is 18.9 Å². The van der Waals surface area contributed by atoms with Gasteiger partial charge in [-0.2, -0.15) is 0 Å². The van der Waals surface area contributed by atoms with E-state index in [-0.39, 0.29) is 10.8 Å². The summed E-state index contributed by atoms with van der Waals surface area (Å²) in [5.41, 5.74) is 0. The second kappa shape index (κ2) is 12.2. The van der Waals surface area contributed by atoms with Gasteiger partial charge in [-0.25, -0.2) is 4.79 Å². The fourth-order valence-corrected chi connectivity index (χ4v) is 4.14. The van der Waals surface area contributed by atoms with E-state index in [1.807, 2.05) is 0 Å². The number of unbranched alkanes of at least 4 members (excludes halogenated alkanes) is 1. The van der Waals surface area contributed by atoms with Crippen LogP contribution in [-0.4, -0.2) is 36.0 Å². The van der Waals surface area contributed by atoms with Gasteiger partial charge in [0, 0.05) is 23.5 Å². The van der Waals surface area contributed by atoms with Crippen LogP contribution in [0.15, 0.2) is 0 Å². The van der Waals surface area contributed by atoms with E-state index in [1.54, 1.807) is 21.6 Å². The average Bonchev–Trinajstić information content (AvgIpc) is 2.43. The third-order valence-corrected chi connectivity index (χ3v) is 6.15. The maximum atomic E-state index is 11.6. The van der Waals surface area contributed by atoms with Gasteiger partial charge in [-0.15, -0.1) is 0 Å². The SMILES string of the molecule is CCCC(C)COC(=O)NCC(C)(C)SSCCCC=O. The van der Waals surface area contributed by atoms with Gasteiger partial charge >= 0.3 is 6.09 Å². The van der Waals surface area contributed by atoms with Gasteiger partial charge in [0.15, 0.2) is 0 Å². The first-order valence-corrected chi connectivity index (χ1v) is 9.88. The van der Waals surface area contributed by atoms with Crippen molar-refractivity contribution in [1.82, 2.24) is 5.32 Å². The fourth-order valence-electron chi connectivity index (χ4n) is 1.59. The Labute approximate surface area is 136 Å². The lowest BCUT2D eigenvalue weighted by Crippen LogP contribution is -2.36. The molecule has 0 aromatic heterocycles. The number of aldehydes is 1. The molecule has 6 heteroatoms. The molecule has 1 atom stereocenters. The molecule has 0 radical (unpaired) electrons. The number of ether oxygens (including phenoxy) is 1. The number of hydrogen-bond acceptors (Lipinski definition) is 5. The fraction of sp³-hybridized carbons (Fsp3) is 0.867. The van der Waals surface area contributed by atoms with Gasteiger partial charge in [0.05, 0.1) is 6.61 Å². The zero-order valence-electron chi connectivity index (χ0n) is 13.6. The smallest absolute Gasteiger partial charge is 0.407 e. The Balaban J connectivity index is 3.75. The van der Waals surface area contributed by atoms with Crippen molar-refractivity contribution in [3.05, 3.63) is 0 Å². The van der Waals surface area contributed by atoms with Crippen LogP contribution < -0.4 is 5.32 Å². The van der Waals surface area contributed by atoms with E-state index in [4.69, 9.17) is 4.74 Å². The third-order valence-electron chi connectivity index (χ3n) is 2.77. The van der Waals surface area contributed by atoms with Crippen molar-refractivity contribution < 1.29 is 14.3 Å². The molecule has 0 aliphatic rings. The highest BCUT2D eigenvalue weighted by molar-refractivity contribution is 8.77. The molecular weight excluding hydrogens is 306 g/mol. The molecule has 0 aliphatic carbocycles. The molecule has 0 aromatic carbocycles. The van der Waals surface area contributed by atoms with Gasteiger partial charge < -0.3 is 14.8 Å². The molecule has 4 nitrogen and oxygen atoms in total. The van der Waals surface area contributed by atoms with E-state index in [1.165, 1.54) is 0 Å². The van der Waals surface area contributed by atoms with Crippen molar-refractivity contribution in [2.24, 2.45) is 5.92 Å². The second-order valence-corrected chi connectivity index (χ2v) is 8.94. The minimum absolute atomic E-state index is 0.0557. The monoisotopic (exact) mass is 335 g/mol. The Morgan fingerprint density at radius 2 is 2.14 bits per heavy atom. The van der Waals surface area contributed by atoms with Crippen molar-refractivity contribution in [2.45, 2.75) is 58.1 Å². The number of nitrogens with one attached hydrogen (secondary N) is 1. The van der Waals surface area contributed by atoms with E-state index < -0.39 is 0 Å². The molecule has 0 bridgehead atoms. The molecule has 124 valence electrons. The lowest BCUT2D eigenvalue weighted by atomic mass is 10.1. The predicted molar refractivity (Wildman–Crippen MR) is 92.8 cm³/mol. The van der Waals surface area contributed by atoms with Crippen LogP contribution in [0.3, 0.4) is 0 Å². The molecule has 0 spiro atoms. The maximum Gasteiger partial charge on any atom is 0.407 e. The Morgan fingerprint density at radius 3 is 2.76 bits per heavy atom. The standard InChI is InChI=1S/C15H29NO3S2/c1-5-8-13(2)11-19-14(18)16-12-15(3,4)21-20-10-7-6-9-17/h9,13H,5-8,10-12H2,1-4H3,(H,16,18). The summed E-state index contributed by atoms with van der Waals surface area (Å²) in [6.45, 7) is 9.44. The molecule has 0 saturated heterocycles. The zero-order chi connectivity index (χ0) is 16.1. The second-order valence-electron chi connectivity index (χ2n) is 5.82. The maximum absolute atomic E-state index is 11.6. The van der Waals surface area contributed by atoms with Crippen molar-refractivity contribution in [3.8, 4) is 0 Å². The molecule has 0 saturated carbocycles. The van der Waals surface area contributed by atoms with E-state index in [2.05, 4.69) is 33.0 Å². The zero-order valence-corrected chi connectivity index (χ0v) is 15.3. The molecule has 21 heavy (non-hydrogen) atoms. The van der Waals surface area contributed by atoms with Gasteiger partial charge in [-0.1, -0.05) is 41.9 Å². The topological polar surface area (TPSA) is 55.4 Å². The van der Waals surface area contributed by atoms with Crippen LogP contribution in [-0.2, 0) is 9.53 Å². The summed E-state index contributed by atoms with van der Waals surface area (Å²) >= 11 is 0. The molecule has 0 rings (SSSR count). The van der Waals surface area contributed by atoms with Crippen LogP contribution in [0, 0.1) is 5.92 Å². The number of carbonyl (C=O) groups is 2. The van der Waals surface area contributed by atoms with E-state index in [9.17, 15) is 9.59 Å². The summed E-state index contributed by atoms with van der Waals surface area (Å²) in [5.74, 6) is 1.36. The summed E-state index contributed by atoms with van der Waals surface area (Å²) in [4.78, 5) is 21.8. The van der Waals surface area contributed by atoms with Gasteiger partial charge in [0.2, 0.25) is 0 Å². The average molecular weight is 336 g/mol. The highest BCUT2D eigenvalue weighted by atomic mass is 33.1. The number of amides is 1. The number of rotatable bonds is 12. The van der Waals surface area contributed by atoms with Gasteiger partial charge in [-0.3, -0.25) is 0 Å². The minimum Gasteiger partial charge on any atom is -0.449 e. The van der Waals surface area contributed by atoms with Gasteiger partial charge in [-0.05, 0) is 32.6 Å². The molecular formula is C15H29NO3S2.